The normalized spacial score (nSPS) is 13.5. The lowest BCUT2D eigenvalue weighted by Crippen LogP contribution is -2.39. The quantitative estimate of drug-likeness (QED) is 0.436. The summed E-state index contributed by atoms with van der Waals surface area (Å²) in [5.74, 6) is 1.04. The molecule has 0 spiro atoms. The van der Waals surface area contributed by atoms with Crippen LogP contribution < -0.4 is 15.4 Å². The molecule has 0 saturated heterocycles. The van der Waals surface area contributed by atoms with Gasteiger partial charge in [0.25, 0.3) is 0 Å². The van der Waals surface area contributed by atoms with Crippen LogP contribution in [0.3, 0.4) is 0 Å². The van der Waals surface area contributed by atoms with E-state index in [-0.39, 0.29) is 12.0 Å². The molecule has 1 atom stereocenters. The number of hydrogen-bond donors (Lipinski definition) is 2. The van der Waals surface area contributed by atoms with Gasteiger partial charge in [0.1, 0.15) is 0 Å². The average Bonchev–Trinajstić information content (AvgIpc) is 2.63. The number of ether oxygens (including phenoxy) is 2. The van der Waals surface area contributed by atoms with E-state index in [0.717, 1.165) is 18.5 Å². The Balaban J connectivity index is 2.54. The molecule has 0 saturated carbocycles. The van der Waals surface area contributed by atoms with Crippen molar-refractivity contribution in [2.45, 2.75) is 52.9 Å². The van der Waals surface area contributed by atoms with Crippen molar-refractivity contribution in [3.8, 4) is 5.88 Å². The molecule has 1 unspecified atom stereocenters. The summed E-state index contributed by atoms with van der Waals surface area (Å²) in [6.07, 6.45) is -1.87. The van der Waals surface area contributed by atoms with Crippen LogP contribution in [0.15, 0.2) is 23.3 Å². The second-order valence-electron chi connectivity index (χ2n) is 6.56. The van der Waals surface area contributed by atoms with Gasteiger partial charge >= 0.3 is 6.18 Å². The summed E-state index contributed by atoms with van der Waals surface area (Å²) >= 11 is 0. The maximum absolute atomic E-state index is 12.1. The van der Waals surface area contributed by atoms with E-state index in [1.807, 2.05) is 13.8 Å². The number of nitrogens with zero attached hydrogens (tertiary/aromatic N) is 2. The second kappa shape index (κ2) is 12.4. The third-order valence-electron chi connectivity index (χ3n) is 3.79. The molecule has 0 aliphatic heterocycles. The third kappa shape index (κ3) is 10.3. The van der Waals surface area contributed by atoms with Crippen molar-refractivity contribution in [1.29, 1.82) is 0 Å². The van der Waals surface area contributed by atoms with Gasteiger partial charge in [-0.15, -0.1) is 0 Å². The van der Waals surface area contributed by atoms with E-state index in [0.29, 0.717) is 31.6 Å². The molecule has 1 aromatic heterocycles. The Labute approximate surface area is 164 Å². The van der Waals surface area contributed by atoms with Crippen molar-refractivity contribution in [2.24, 2.45) is 10.9 Å². The molecule has 1 aromatic rings. The number of aromatic nitrogens is 1. The van der Waals surface area contributed by atoms with Gasteiger partial charge in [-0.05, 0) is 31.7 Å². The monoisotopic (exact) mass is 404 g/mol. The number of hydrogen-bond acceptors (Lipinski definition) is 4. The minimum atomic E-state index is -4.38. The van der Waals surface area contributed by atoms with E-state index in [4.69, 9.17) is 4.74 Å². The topological polar surface area (TPSA) is 67.8 Å². The maximum atomic E-state index is 12.1. The molecule has 160 valence electrons. The van der Waals surface area contributed by atoms with Crippen molar-refractivity contribution >= 4 is 5.96 Å². The number of halogens is 3. The van der Waals surface area contributed by atoms with E-state index >= 15 is 0 Å². The number of pyridine rings is 1. The molecule has 0 fully saturated rings. The van der Waals surface area contributed by atoms with Crippen LogP contribution in [0.2, 0.25) is 0 Å². The molecule has 0 aromatic carbocycles. The van der Waals surface area contributed by atoms with Crippen LogP contribution in [0.1, 0.15) is 39.7 Å². The lowest BCUT2D eigenvalue weighted by atomic mass is 10.0. The first-order valence-corrected chi connectivity index (χ1v) is 9.53. The minimum Gasteiger partial charge on any atom is -0.468 e. The SMILES string of the molecule is CCNC(=NCc1ccc(OCC(F)(F)F)nc1)NCCC(OCC)C(C)C. The maximum Gasteiger partial charge on any atom is 0.422 e. The van der Waals surface area contributed by atoms with E-state index in [1.54, 1.807) is 6.07 Å². The first-order chi connectivity index (χ1) is 13.2. The fourth-order valence-electron chi connectivity index (χ4n) is 2.41. The van der Waals surface area contributed by atoms with Gasteiger partial charge in [0.2, 0.25) is 5.88 Å². The van der Waals surface area contributed by atoms with Gasteiger partial charge in [-0.2, -0.15) is 13.2 Å². The Morgan fingerprint density at radius 2 is 1.96 bits per heavy atom. The molecule has 0 bridgehead atoms. The molecular weight excluding hydrogens is 373 g/mol. The molecule has 0 amide bonds. The molecule has 2 N–H and O–H groups in total. The number of nitrogens with one attached hydrogen (secondary N) is 2. The van der Waals surface area contributed by atoms with Crippen molar-refractivity contribution in [1.82, 2.24) is 15.6 Å². The van der Waals surface area contributed by atoms with Crippen LogP contribution >= 0.6 is 0 Å². The third-order valence-corrected chi connectivity index (χ3v) is 3.79. The van der Waals surface area contributed by atoms with Crippen molar-refractivity contribution in [2.75, 3.05) is 26.3 Å². The molecule has 6 nitrogen and oxygen atoms in total. The molecule has 1 heterocycles. The second-order valence-corrected chi connectivity index (χ2v) is 6.56. The minimum absolute atomic E-state index is 0.0641. The predicted molar refractivity (Wildman–Crippen MR) is 103 cm³/mol. The van der Waals surface area contributed by atoms with Crippen LogP contribution in [0.25, 0.3) is 0 Å². The van der Waals surface area contributed by atoms with Gasteiger partial charge in [0.15, 0.2) is 12.6 Å². The summed E-state index contributed by atoms with van der Waals surface area (Å²) in [4.78, 5) is 8.36. The van der Waals surface area contributed by atoms with Gasteiger partial charge in [0, 0.05) is 32.0 Å². The van der Waals surface area contributed by atoms with Gasteiger partial charge < -0.3 is 20.1 Å². The molecule has 0 aliphatic rings. The highest BCUT2D eigenvalue weighted by Gasteiger charge is 2.28. The largest absolute Gasteiger partial charge is 0.468 e. The van der Waals surface area contributed by atoms with Gasteiger partial charge in [-0.3, -0.25) is 0 Å². The highest BCUT2D eigenvalue weighted by Crippen LogP contribution is 2.17. The summed E-state index contributed by atoms with van der Waals surface area (Å²) in [6.45, 7) is 9.34. The van der Waals surface area contributed by atoms with Crippen molar-refractivity contribution in [3.05, 3.63) is 23.9 Å². The van der Waals surface area contributed by atoms with Crippen LogP contribution in [-0.4, -0.2) is 49.5 Å². The first kappa shape index (κ1) is 24.0. The molecule has 1 rings (SSSR count). The summed E-state index contributed by atoms with van der Waals surface area (Å²) in [5, 5.41) is 6.44. The number of guanidine groups is 1. The molecule has 9 heteroatoms. The van der Waals surface area contributed by atoms with E-state index in [2.05, 4.69) is 39.2 Å². The summed E-state index contributed by atoms with van der Waals surface area (Å²) in [6, 6.07) is 3.06. The Morgan fingerprint density at radius 1 is 1.21 bits per heavy atom. The fourth-order valence-corrected chi connectivity index (χ4v) is 2.41. The van der Waals surface area contributed by atoms with E-state index in [1.165, 1.54) is 12.3 Å². The number of rotatable bonds is 11. The highest BCUT2D eigenvalue weighted by molar-refractivity contribution is 5.79. The van der Waals surface area contributed by atoms with Crippen LogP contribution in [0.5, 0.6) is 5.88 Å². The summed E-state index contributed by atoms with van der Waals surface area (Å²) < 4.78 is 46.8. The average molecular weight is 404 g/mol. The Hall–Kier alpha value is -2.03. The van der Waals surface area contributed by atoms with Crippen molar-refractivity contribution < 1.29 is 22.6 Å². The summed E-state index contributed by atoms with van der Waals surface area (Å²) in [5.41, 5.74) is 0.769. The lowest BCUT2D eigenvalue weighted by molar-refractivity contribution is -0.154. The Kier molecular flexibility index (Phi) is 10.7. The zero-order valence-electron chi connectivity index (χ0n) is 17.0. The molecule has 0 aliphatic carbocycles. The standard InChI is InChI=1S/C19H31F3N4O2/c1-5-23-18(24-10-9-16(14(3)4)27-6-2)26-12-15-7-8-17(25-11-15)28-13-19(20,21)22/h7-8,11,14,16H,5-6,9-10,12-13H2,1-4H3,(H2,23,24,26). The Morgan fingerprint density at radius 3 is 2.50 bits per heavy atom. The summed E-state index contributed by atoms with van der Waals surface area (Å²) in [7, 11) is 0. The number of aliphatic imine (C=N–C) groups is 1. The fraction of sp³-hybridized carbons (Fsp3) is 0.684. The molecular formula is C19H31F3N4O2. The first-order valence-electron chi connectivity index (χ1n) is 9.53. The predicted octanol–water partition coefficient (Wildman–Crippen LogP) is 3.53. The van der Waals surface area contributed by atoms with E-state index in [9.17, 15) is 13.2 Å². The van der Waals surface area contributed by atoms with Crippen LogP contribution in [-0.2, 0) is 11.3 Å². The molecule has 28 heavy (non-hydrogen) atoms. The van der Waals surface area contributed by atoms with Gasteiger partial charge in [0.05, 0.1) is 12.6 Å². The van der Waals surface area contributed by atoms with Gasteiger partial charge in [-0.1, -0.05) is 19.9 Å². The van der Waals surface area contributed by atoms with E-state index < -0.39 is 12.8 Å². The van der Waals surface area contributed by atoms with Crippen LogP contribution in [0.4, 0.5) is 13.2 Å². The smallest absolute Gasteiger partial charge is 0.422 e. The highest BCUT2D eigenvalue weighted by atomic mass is 19.4. The number of alkyl halides is 3. The molecule has 0 radical (unpaired) electrons. The lowest BCUT2D eigenvalue weighted by Gasteiger charge is -2.21. The zero-order valence-corrected chi connectivity index (χ0v) is 17.0. The van der Waals surface area contributed by atoms with Crippen LogP contribution in [0, 0.1) is 5.92 Å². The van der Waals surface area contributed by atoms with Gasteiger partial charge in [-0.25, -0.2) is 9.98 Å². The Bertz CT molecular complexity index is 578. The van der Waals surface area contributed by atoms with Crippen molar-refractivity contribution in [3.63, 3.8) is 0 Å². The zero-order chi connectivity index (χ0) is 21.0.